The molecule has 2 atom stereocenters. The number of rotatable bonds is 5. The van der Waals surface area contributed by atoms with Crippen molar-refractivity contribution in [3.8, 4) is 0 Å². The molecule has 3 aromatic rings. The third-order valence-electron chi connectivity index (χ3n) is 5.86. The lowest BCUT2D eigenvalue weighted by Gasteiger charge is -2.31. The summed E-state index contributed by atoms with van der Waals surface area (Å²) < 4.78 is 0. The number of amides is 3. The van der Waals surface area contributed by atoms with Crippen LogP contribution in [0.25, 0.3) is 10.9 Å². The topological polar surface area (TPSA) is 91.2 Å². The Morgan fingerprint density at radius 1 is 1.17 bits per heavy atom. The molecule has 4 rings (SSSR count). The number of nitrogens with two attached hydrogens (primary N) is 1. The Morgan fingerprint density at radius 3 is 2.73 bits per heavy atom. The van der Waals surface area contributed by atoms with Crippen molar-refractivity contribution in [2.75, 3.05) is 19.6 Å². The summed E-state index contributed by atoms with van der Waals surface area (Å²) in [5, 5.41) is 4.87. The predicted octanol–water partition coefficient (Wildman–Crippen LogP) is 3.86. The molecule has 2 heterocycles. The van der Waals surface area contributed by atoms with E-state index in [1.54, 1.807) is 4.90 Å². The van der Waals surface area contributed by atoms with E-state index < -0.39 is 6.03 Å². The fourth-order valence-corrected chi connectivity index (χ4v) is 4.53. The number of hydrogen-bond acceptors (Lipinski definition) is 2. The number of fused-ring (bicyclic) bond motifs is 1. The van der Waals surface area contributed by atoms with Crippen LogP contribution in [-0.4, -0.2) is 41.5 Å². The molecule has 156 valence electrons. The van der Waals surface area contributed by atoms with Crippen LogP contribution in [0.15, 0.2) is 54.7 Å². The van der Waals surface area contributed by atoms with Crippen molar-refractivity contribution in [3.05, 3.63) is 70.9 Å². The summed E-state index contributed by atoms with van der Waals surface area (Å²) >= 11 is 6.52. The zero-order valence-corrected chi connectivity index (χ0v) is 17.4. The molecule has 1 fully saturated rings. The van der Waals surface area contributed by atoms with Gasteiger partial charge in [0.25, 0.3) is 0 Å². The van der Waals surface area contributed by atoms with Gasteiger partial charge in [-0.05, 0) is 36.1 Å². The maximum atomic E-state index is 12.9. The van der Waals surface area contributed by atoms with Crippen LogP contribution >= 0.6 is 11.6 Å². The molecule has 0 radical (unpaired) electrons. The maximum Gasteiger partial charge on any atom is 0.314 e. The van der Waals surface area contributed by atoms with Gasteiger partial charge in [-0.25, -0.2) is 4.79 Å². The third-order valence-corrected chi connectivity index (χ3v) is 6.21. The summed E-state index contributed by atoms with van der Waals surface area (Å²) in [6, 6.07) is 15.3. The number of piperidine rings is 1. The van der Waals surface area contributed by atoms with Gasteiger partial charge in [0.1, 0.15) is 0 Å². The van der Waals surface area contributed by atoms with Crippen molar-refractivity contribution in [2.24, 2.45) is 11.7 Å². The van der Waals surface area contributed by atoms with Crippen LogP contribution in [0.1, 0.15) is 29.9 Å². The molecule has 6 nitrogen and oxygen atoms in total. The number of carbonyl (C=O) groups excluding carboxylic acids is 2. The largest absolute Gasteiger partial charge is 0.361 e. The van der Waals surface area contributed by atoms with E-state index in [0.717, 1.165) is 34.9 Å². The van der Waals surface area contributed by atoms with Gasteiger partial charge in [0.05, 0.1) is 5.92 Å². The van der Waals surface area contributed by atoms with Crippen LogP contribution in [0, 0.1) is 5.92 Å². The second kappa shape index (κ2) is 8.79. The molecule has 1 aliphatic heterocycles. The van der Waals surface area contributed by atoms with Crippen molar-refractivity contribution in [1.29, 1.82) is 0 Å². The molecule has 3 amide bonds. The second-order valence-corrected chi connectivity index (χ2v) is 8.14. The summed E-state index contributed by atoms with van der Waals surface area (Å²) in [5.74, 6) is -0.409. The number of para-hydroxylation sites is 1. The third kappa shape index (κ3) is 4.14. The molecule has 1 aliphatic rings. The van der Waals surface area contributed by atoms with E-state index in [9.17, 15) is 9.59 Å². The molecule has 4 N–H and O–H groups in total. The van der Waals surface area contributed by atoms with Crippen LogP contribution < -0.4 is 11.1 Å². The molecule has 2 aromatic carbocycles. The number of hydrogen-bond donors (Lipinski definition) is 3. The van der Waals surface area contributed by atoms with Crippen LogP contribution in [-0.2, 0) is 4.79 Å². The molecule has 1 aromatic heterocycles. The molecule has 1 saturated heterocycles. The Bertz CT molecular complexity index is 1060. The van der Waals surface area contributed by atoms with Gasteiger partial charge in [-0.3, -0.25) is 4.79 Å². The number of urea groups is 1. The Balaban J connectivity index is 1.57. The number of benzene rings is 2. The lowest BCUT2D eigenvalue weighted by atomic mass is 9.90. The summed E-state index contributed by atoms with van der Waals surface area (Å²) in [7, 11) is 0. The smallest absolute Gasteiger partial charge is 0.314 e. The maximum absolute atomic E-state index is 12.9. The summed E-state index contributed by atoms with van der Waals surface area (Å²) in [6.07, 6.45) is 3.51. The highest BCUT2D eigenvalue weighted by Gasteiger charge is 2.28. The van der Waals surface area contributed by atoms with Gasteiger partial charge >= 0.3 is 6.03 Å². The highest BCUT2D eigenvalue weighted by molar-refractivity contribution is 6.31. The Labute approximate surface area is 180 Å². The van der Waals surface area contributed by atoms with Crippen LogP contribution in [0.4, 0.5) is 4.79 Å². The number of H-pyrrole nitrogens is 1. The van der Waals surface area contributed by atoms with Crippen LogP contribution in [0.3, 0.4) is 0 Å². The van der Waals surface area contributed by atoms with Gasteiger partial charge in [-0.15, -0.1) is 0 Å². The number of likely N-dealkylation sites (tertiary alicyclic amines) is 1. The van der Waals surface area contributed by atoms with E-state index in [4.69, 9.17) is 17.3 Å². The fourth-order valence-electron chi connectivity index (χ4n) is 4.27. The second-order valence-electron chi connectivity index (χ2n) is 7.73. The quantitative estimate of drug-likeness (QED) is 0.580. The van der Waals surface area contributed by atoms with Gasteiger partial charge in [0.2, 0.25) is 5.91 Å². The fraction of sp³-hybridized carbons (Fsp3) is 0.304. The number of primary amides is 1. The van der Waals surface area contributed by atoms with E-state index in [0.29, 0.717) is 24.7 Å². The summed E-state index contributed by atoms with van der Waals surface area (Å²) in [6.45, 7) is 1.39. The lowest BCUT2D eigenvalue weighted by molar-refractivity contribution is -0.126. The predicted molar refractivity (Wildman–Crippen MR) is 118 cm³/mol. The van der Waals surface area contributed by atoms with Crippen LogP contribution in [0.5, 0.6) is 0 Å². The molecular weight excluding hydrogens is 400 g/mol. The Hall–Kier alpha value is -2.99. The monoisotopic (exact) mass is 424 g/mol. The Kier molecular flexibility index (Phi) is 5.95. The Morgan fingerprint density at radius 2 is 1.93 bits per heavy atom. The summed E-state index contributed by atoms with van der Waals surface area (Å²) in [4.78, 5) is 29.2. The number of nitrogens with zero attached hydrogens (tertiary/aromatic N) is 1. The molecule has 0 spiro atoms. The van der Waals surface area contributed by atoms with Gasteiger partial charge in [0.15, 0.2) is 0 Å². The normalized spacial score (nSPS) is 17.6. The first-order valence-electron chi connectivity index (χ1n) is 10.2. The van der Waals surface area contributed by atoms with Crippen molar-refractivity contribution < 1.29 is 9.59 Å². The zero-order chi connectivity index (χ0) is 21.1. The molecular formula is C23H25ClN4O2. The highest BCUT2D eigenvalue weighted by Crippen LogP contribution is 2.34. The first-order valence-corrected chi connectivity index (χ1v) is 10.5. The number of aromatic amines is 1. The zero-order valence-electron chi connectivity index (χ0n) is 16.6. The number of nitrogens with one attached hydrogen (secondary N) is 2. The van der Waals surface area contributed by atoms with Gasteiger partial charge in [-0.2, -0.15) is 0 Å². The standard InChI is InChI=1S/C23H25ClN4O2/c24-20-9-3-1-7-16(20)18(19-12-26-21-10-4-2-8-17(19)21)13-27-22(29)15-6-5-11-28(14-15)23(25)30/h1-4,7-10,12,15,18,26H,5-6,11,13-14H2,(H2,25,30)(H,27,29)/t15-,18-/m0/s1. The number of halogens is 1. The average molecular weight is 425 g/mol. The number of aromatic nitrogens is 1. The van der Waals surface area contributed by atoms with E-state index in [1.165, 1.54) is 0 Å². The van der Waals surface area contributed by atoms with E-state index in [-0.39, 0.29) is 17.7 Å². The summed E-state index contributed by atoms with van der Waals surface area (Å²) in [5.41, 5.74) is 8.49. The lowest BCUT2D eigenvalue weighted by Crippen LogP contribution is -2.47. The van der Waals surface area contributed by atoms with Crippen molar-refractivity contribution in [3.63, 3.8) is 0 Å². The van der Waals surface area contributed by atoms with E-state index >= 15 is 0 Å². The van der Waals surface area contributed by atoms with E-state index in [1.807, 2.05) is 48.7 Å². The molecule has 0 unspecified atom stereocenters. The highest BCUT2D eigenvalue weighted by atomic mass is 35.5. The van der Waals surface area contributed by atoms with Crippen molar-refractivity contribution in [1.82, 2.24) is 15.2 Å². The van der Waals surface area contributed by atoms with Gasteiger partial charge < -0.3 is 20.9 Å². The first kappa shape index (κ1) is 20.3. The van der Waals surface area contributed by atoms with Gasteiger partial charge in [-0.1, -0.05) is 48.0 Å². The minimum Gasteiger partial charge on any atom is -0.361 e. The molecule has 0 saturated carbocycles. The number of carbonyl (C=O) groups is 2. The van der Waals surface area contributed by atoms with Crippen molar-refractivity contribution in [2.45, 2.75) is 18.8 Å². The SMILES string of the molecule is NC(=O)N1CCC[C@H](C(=O)NC[C@@H](c2ccccc2Cl)c2c[nH]c3ccccc23)C1. The average Bonchev–Trinajstić information content (AvgIpc) is 3.19. The van der Waals surface area contributed by atoms with Crippen LogP contribution in [0.2, 0.25) is 5.02 Å². The molecule has 30 heavy (non-hydrogen) atoms. The minimum absolute atomic E-state index is 0.0576. The minimum atomic E-state index is -0.472. The molecule has 0 aliphatic carbocycles. The van der Waals surface area contributed by atoms with Gasteiger partial charge in [0, 0.05) is 47.7 Å². The van der Waals surface area contributed by atoms with E-state index in [2.05, 4.69) is 16.4 Å². The molecule has 0 bridgehead atoms. The van der Waals surface area contributed by atoms with Crippen molar-refractivity contribution >= 4 is 34.4 Å². The first-order chi connectivity index (χ1) is 14.5. The molecule has 7 heteroatoms.